The number of para-hydroxylation sites is 1. The van der Waals surface area contributed by atoms with Crippen LogP contribution in [0, 0.1) is 6.92 Å². The lowest BCUT2D eigenvalue weighted by atomic mass is 10.1. The van der Waals surface area contributed by atoms with Crippen molar-refractivity contribution in [3.63, 3.8) is 0 Å². The summed E-state index contributed by atoms with van der Waals surface area (Å²) in [7, 11) is 3.40. The molecule has 1 atom stereocenters. The van der Waals surface area contributed by atoms with Gasteiger partial charge in [-0.15, -0.1) is 0 Å². The molecule has 112 valence electrons. The van der Waals surface area contributed by atoms with E-state index in [1.54, 1.807) is 26.0 Å². The largest absolute Gasteiger partial charge is 0.496 e. The fourth-order valence-corrected chi connectivity index (χ4v) is 2.99. The van der Waals surface area contributed by atoms with Gasteiger partial charge in [0.25, 0.3) is 5.91 Å². The Morgan fingerprint density at radius 2 is 2.10 bits per heavy atom. The molecule has 0 spiro atoms. The summed E-state index contributed by atoms with van der Waals surface area (Å²) in [5.41, 5.74) is 7.30. The van der Waals surface area contributed by atoms with Crippen molar-refractivity contribution in [1.82, 2.24) is 9.88 Å². The average molecular weight is 305 g/mol. The van der Waals surface area contributed by atoms with Crippen molar-refractivity contribution in [2.75, 3.05) is 19.9 Å². The lowest BCUT2D eigenvalue weighted by Crippen LogP contribution is -2.29. The SMILES string of the molecule is COc1ccccc1C(C)N(C)C(=O)c1sc(N)nc1C. The first-order valence-electron chi connectivity index (χ1n) is 6.58. The van der Waals surface area contributed by atoms with Gasteiger partial charge in [-0.3, -0.25) is 4.79 Å². The monoisotopic (exact) mass is 305 g/mol. The lowest BCUT2D eigenvalue weighted by Gasteiger charge is -2.26. The summed E-state index contributed by atoms with van der Waals surface area (Å²) >= 11 is 1.22. The van der Waals surface area contributed by atoms with Crippen LogP contribution in [0.5, 0.6) is 5.75 Å². The fraction of sp³-hybridized carbons (Fsp3) is 0.333. The predicted octanol–water partition coefficient (Wildman–Crippen LogP) is 2.88. The zero-order chi connectivity index (χ0) is 15.6. The van der Waals surface area contributed by atoms with Gasteiger partial charge >= 0.3 is 0 Å². The number of rotatable bonds is 4. The summed E-state index contributed by atoms with van der Waals surface area (Å²) < 4.78 is 5.36. The van der Waals surface area contributed by atoms with E-state index in [9.17, 15) is 4.79 Å². The van der Waals surface area contributed by atoms with E-state index in [0.717, 1.165) is 11.3 Å². The van der Waals surface area contributed by atoms with E-state index in [1.807, 2.05) is 31.2 Å². The number of hydrogen-bond donors (Lipinski definition) is 1. The second-order valence-electron chi connectivity index (χ2n) is 4.80. The topological polar surface area (TPSA) is 68.5 Å². The Morgan fingerprint density at radius 3 is 2.67 bits per heavy atom. The van der Waals surface area contributed by atoms with E-state index >= 15 is 0 Å². The number of nitrogens with two attached hydrogens (primary N) is 1. The van der Waals surface area contributed by atoms with Gasteiger partial charge in [-0.25, -0.2) is 4.98 Å². The Kier molecular flexibility index (Phi) is 4.47. The van der Waals surface area contributed by atoms with Gasteiger partial charge in [-0.1, -0.05) is 29.5 Å². The van der Waals surface area contributed by atoms with Crippen molar-refractivity contribution in [3.05, 3.63) is 40.4 Å². The van der Waals surface area contributed by atoms with Crippen LogP contribution in [0.2, 0.25) is 0 Å². The van der Waals surface area contributed by atoms with Crippen LogP contribution in [-0.4, -0.2) is 29.9 Å². The van der Waals surface area contributed by atoms with Crippen LogP contribution < -0.4 is 10.5 Å². The molecule has 5 nitrogen and oxygen atoms in total. The van der Waals surface area contributed by atoms with E-state index in [4.69, 9.17) is 10.5 Å². The predicted molar refractivity (Wildman–Crippen MR) is 84.8 cm³/mol. The van der Waals surface area contributed by atoms with Gasteiger partial charge in [0.1, 0.15) is 10.6 Å². The summed E-state index contributed by atoms with van der Waals surface area (Å²) in [6.45, 7) is 3.76. The number of carbonyl (C=O) groups excluding carboxylic acids is 1. The summed E-state index contributed by atoms with van der Waals surface area (Å²) in [5.74, 6) is 0.685. The van der Waals surface area contributed by atoms with Gasteiger partial charge in [0, 0.05) is 12.6 Å². The Bertz CT molecular complexity index is 654. The number of methoxy groups -OCH3 is 1. The van der Waals surface area contributed by atoms with Crippen molar-refractivity contribution < 1.29 is 9.53 Å². The molecule has 1 aromatic carbocycles. The minimum atomic E-state index is -0.114. The fourth-order valence-electron chi connectivity index (χ4n) is 2.17. The zero-order valence-electron chi connectivity index (χ0n) is 12.6. The first kappa shape index (κ1) is 15.3. The smallest absolute Gasteiger partial charge is 0.266 e. The van der Waals surface area contributed by atoms with Crippen molar-refractivity contribution in [2.45, 2.75) is 19.9 Å². The molecule has 0 bridgehead atoms. The van der Waals surface area contributed by atoms with Crippen LogP contribution in [0.4, 0.5) is 5.13 Å². The van der Waals surface area contributed by atoms with Gasteiger partial charge in [0.05, 0.1) is 18.8 Å². The van der Waals surface area contributed by atoms with E-state index in [2.05, 4.69) is 4.98 Å². The molecule has 0 saturated heterocycles. The first-order chi connectivity index (χ1) is 9.95. The highest BCUT2D eigenvalue weighted by Gasteiger charge is 2.24. The molecule has 2 aromatic rings. The van der Waals surface area contributed by atoms with Gasteiger partial charge < -0.3 is 15.4 Å². The number of thiazole rings is 1. The molecule has 1 unspecified atom stereocenters. The lowest BCUT2D eigenvalue weighted by molar-refractivity contribution is 0.0745. The third-order valence-corrected chi connectivity index (χ3v) is 4.47. The molecule has 0 aliphatic rings. The minimum absolute atomic E-state index is 0.0832. The summed E-state index contributed by atoms with van der Waals surface area (Å²) in [5, 5.41) is 0.411. The Morgan fingerprint density at radius 1 is 1.43 bits per heavy atom. The number of nitrogens with zero attached hydrogens (tertiary/aromatic N) is 2. The maximum atomic E-state index is 12.6. The van der Waals surface area contributed by atoms with Crippen molar-refractivity contribution in [3.8, 4) is 5.75 Å². The molecular weight excluding hydrogens is 286 g/mol. The molecular formula is C15H19N3O2S. The number of amides is 1. The van der Waals surface area contributed by atoms with Crippen molar-refractivity contribution in [1.29, 1.82) is 0 Å². The van der Waals surface area contributed by atoms with E-state index in [-0.39, 0.29) is 11.9 Å². The normalized spacial score (nSPS) is 12.0. The molecule has 1 heterocycles. The summed E-state index contributed by atoms with van der Waals surface area (Å²) in [4.78, 5) is 19.0. The number of benzene rings is 1. The minimum Gasteiger partial charge on any atom is -0.496 e. The molecule has 2 N–H and O–H groups in total. The second-order valence-corrected chi connectivity index (χ2v) is 5.83. The van der Waals surface area contributed by atoms with Crippen LogP contribution >= 0.6 is 11.3 Å². The third kappa shape index (κ3) is 3.00. The Balaban J connectivity index is 2.28. The molecule has 0 fully saturated rings. The quantitative estimate of drug-likeness (QED) is 0.943. The van der Waals surface area contributed by atoms with Crippen LogP contribution in [0.25, 0.3) is 0 Å². The van der Waals surface area contributed by atoms with E-state index in [0.29, 0.717) is 15.7 Å². The number of ether oxygens (including phenoxy) is 1. The molecule has 21 heavy (non-hydrogen) atoms. The van der Waals surface area contributed by atoms with Gasteiger partial charge in [0.15, 0.2) is 5.13 Å². The molecule has 6 heteroatoms. The third-order valence-electron chi connectivity index (χ3n) is 3.50. The number of aromatic nitrogens is 1. The number of hydrogen-bond acceptors (Lipinski definition) is 5. The molecule has 0 radical (unpaired) electrons. The molecule has 2 rings (SSSR count). The van der Waals surface area contributed by atoms with E-state index < -0.39 is 0 Å². The van der Waals surface area contributed by atoms with E-state index in [1.165, 1.54) is 11.3 Å². The maximum absolute atomic E-state index is 12.6. The average Bonchev–Trinajstić information content (AvgIpc) is 2.83. The van der Waals surface area contributed by atoms with Crippen molar-refractivity contribution >= 4 is 22.4 Å². The number of nitrogen functional groups attached to an aromatic ring is 1. The zero-order valence-corrected chi connectivity index (χ0v) is 13.4. The summed E-state index contributed by atoms with van der Waals surface area (Å²) in [6.07, 6.45) is 0. The van der Waals surface area contributed by atoms with Gasteiger partial charge in [-0.05, 0) is 19.9 Å². The van der Waals surface area contributed by atoms with Gasteiger partial charge in [-0.2, -0.15) is 0 Å². The number of carbonyl (C=O) groups is 1. The Hall–Kier alpha value is -2.08. The van der Waals surface area contributed by atoms with Gasteiger partial charge in [0.2, 0.25) is 0 Å². The molecule has 0 aliphatic heterocycles. The number of anilines is 1. The maximum Gasteiger partial charge on any atom is 0.266 e. The molecule has 0 aliphatic carbocycles. The standard InChI is InChI=1S/C15H19N3O2S/c1-9-13(21-15(16)17-9)14(19)18(3)10(2)11-7-5-6-8-12(11)20-4/h5-8,10H,1-4H3,(H2,16,17). The van der Waals surface area contributed by atoms with Crippen molar-refractivity contribution in [2.24, 2.45) is 0 Å². The highest BCUT2D eigenvalue weighted by molar-refractivity contribution is 7.17. The molecule has 1 aromatic heterocycles. The second kappa shape index (κ2) is 6.13. The van der Waals surface area contributed by atoms with Crippen LogP contribution in [0.3, 0.4) is 0 Å². The van der Waals surface area contributed by atoms with Crippen LogP contribution in [-0.2, 0) is 0 Å². The first-order valence-corrected chi connectivity index (χ1v) is 7.40. The number of aryl methyl sites for hydroxylation is 1. The highest BCUT2D eigenvalue weighted by atomic mass is 32.1. The Labute approximate surface area is 128 Å². The van der Waals surface area contributed by atoms with Crippen LogP contribution in [0.1, 0.15) is 33.9 Å². The highest BCUT2D eigenvalue weighted by Crippen LogP contribution is 2.30. The van der Waals surface area contributed by atoms with Crippen LogP contribution in [0.15, 0.2) is 24.3 Å². The molecule has 1 amide bonds. The molecule has 0 saturated carbocycles. The summed E-state index contributed by atoms with van der Waals surface area (Å²) in [6, 6.07) is 7.57.